The molecule has 17 heavy (non-hydrogen) atoms. The highest BCUT2D eigenvalue weighted by molar-refractivity contribution is 7.90. The summed E-state index contributed by atoms with van der Waals surface area (Å²) in [6, 6.07) is 7.34. The summed E-state index contributed by atoms with van der Waals surface area (Å²) < 4.78 is 27.1. The summed E-state index contributed by atoms with van der Waals surface area (Å²) in [5.41, 5.74) is 1.62. The van der Waals surface area contributed by atoms with E-state index in [1.807, 2.05) is 18.2 Å². The van der Waals surface area contributed by atoms with E-state index in [1.165, 1.54) is 6.26 Å². The highest BCUT2D eigenvalue weighted by Crippen LogP contribution is 2.21. The van der Waals surface area contributed by atoms with Crippen LogP contribution in [-0.2, 0) is 21.2 Å². The predicted octanol–water partition coefficient (Wildman–Crippen LogP) is 1.30. The molecule has 0 saturated carbocycles. The zero-order chi connectivity index (χ0) is 12.9. The fourth-order valence-electron chi connectivity index (χ4n) is 1.63. The molecule has 0 saturated heterocycles. The van der Waals surface area contributed by atoms with E-state index in [4.69, 9.17) is 4.74 Å². The first-order valence-electron chi connectivity index (χ1n) is 5.36. The number of hydrogen-bond donors (Lipinski definition) is 1. The van der Waals surface area contributed by atoms with Crippen LogP contribution in [0.2, 0.25) is 0 Å². The fraction of sp³-hybridized carbons (Fsp3) is 0.500. The summed E-state index contributed by atoms with van der Waals surface area (Å²) in [6.45, 7) is 0.409. The standard InChI is InChI=1S/C12H18O4S/c1-16-9-10-5-3-4-6-11(10)12(13)7-8-17(2,14)15/h3-6,12-13H,7-9H2,1-2H3. The van der Waals surface area contributed by atoms with Crippen molar-refractivity contribution in [1.29, 1.82) is 0 Å². The molecule has 5 heteroatoms. The van der Waals surface area contributed by atoms with Crippen molar-refractivity contribution in [1.82, 2.24) is 0 Å². The van der Waals surface area contributed by atoms with E-state index < -0.39 is 15.9 Å². The number of benzene rings is 1. The Balaban J connectivity index is 2.77. The maximum absolute atomic E-state index is 11.0. The van der Waals surface area contributed by atoms with Gasteiger partial charge in [0.15, 0.2) is 0 Å². The number of ether oxygens (including phenoxy) is 1. The minimum absolute atomic E-state index is 0.0184. The summed E-state index contributed by atoms with van der Waals surface area (Å²) in [5.74, 6) is -0.0184. The van der Waals surface area contributed by atoms with Crippen LogP contribution in [0.25, 0.3) is 0 Å². The lowest BCUT2D eigenvalue weighted by molar-refractivity contribution is 0.159. The summed E-state index contributed by atoms with van der Waals surface area (Å²) >= 11 is 0. The lowest BCUT2D eigenvalue weighted by Gasteiger charge is -2.14. The van der Waals surface area contributed by atoms with Gasteiger partial charge in [-0.05, 0) is 17.5 Å². The van der Waals surface area contributed by atoms with Crippen molar-refractivity contribution < 1.29 is 18.3 Å². The molecule has 0 bridgehead atoms. The molecule has 1 rings (SSSR count). The van der Waals surface area contributed by atoms with E-state index in [0.717, 1.165) is 11.1 Å². The van der Waals surface area contributed by atoms with Gasteiger partial charge in [-0.1, -0.05) is 24.3 Å². The SMILES string of the molecule is COCc1ccccc1C(O)CCS(C)(=O)=O. The fourth-order valence-corrected chi connectivity index (χ4v) is 2.28. The maximum atomic E-state index is 11.0. The van der Waals surface area contributed by atoms with Gasteiger partial charge in [0.25, 0.3) is 0 Å². The molecule has 0 radical (unpaired) electrons. The third kappa shape index (κ3) is 4.85. The lowest BCUT2D eigenvalue weighted by Crippen LogP contribution is -2.10. The summed E-state index contributed by atoms with van der Waals surface area (Å²) in [7, 11) is -1.46. The van der Waals surface area contributed by atoms with Crippen molar-refractivity contribution in [2.75, 3.05) is 19.1 Å². The van der Waals surface area contributed by atoms with Crippen LogP contribution in [0.1, 0.15) is 23.7 Å². The zero-order valence-corrected chi connectivity index (χ0v) is 10.9. The number of sulfone groups is 1. The average Bonchev–Trinajstić information content (AvgIpc) is 2.26. The van der Waals surface area contributed by atoms with Gasteiger partial charge in [0.05, 0.1) is 18.5 Å². The molecule has 96 valence electrons. The first kappa shape index (κ1) is 14.2. The van der Waals surface area contributed by atoms with Crippen LogP contribution in [0.15, 0.2) is 24.3 Å². The van der Waals surface area contributed by atoms with Crippen molar-refractivity contribution in [3.05, 3.63) is 35.4 Å². The Labute approximate surface area is 102 Å². The second kappa shape index (κ2) is 6.14. The number of hydrogen-bond acceptors (Lipinski definition) is 4. The monoisotopic (exact) mass is 258 g/mol. The Hall–Kier alpha value is -0.910. The van der Waals surface area contributed by atoms with Gasteiger partial charge in [0.2, 0.25) is 0 Å². The predicted molar refractivity (Wildman–Crippen MR) is 66.4 cm³/mol. The van der Waals surface area contributed by atoms with Crippen LogP contribution in [0, 0.1) is 0 Å². The van der Waals surface area contributed by atoms with Crippen molar-refractivity contribution in [2.24, 2.45) is 0 Å². The Morgan fingerprint density at radius 2 is 2.00 bits per heavy atom. The molecule has 1 N–H and O–H groups in total. The molecule has 0 heterocycles. The van der Waals surface area contributed by atoms with Gasteiger partial charge in [0, 0.05) is 13.4 Å². The van der Waals surface area contributed by atoms with E-state index in [9.17, 15) is 13.5 Å². The molecule has 0 aliphatic heterocycles. The molecule has 1 aromatic rings. The number of rotatable bonds is 6. The Kier molecular flexibility index (Phi) is 5.11. The first-order valence-corrected chi connectivity index (χ1v) is 7.42. The number of aliphatic hydroxyl groups excluding tert-OH is 1. The normalized spacial score (nSPS) is 13.6. The van der Waals surface area contributed by atoms with Gasteiger partial charge in [-0.25, -0.2) is 8.42 Å². The topological polar surface area (TPSA) is 63.6 Å². The Morgan fingerprint density at radius 3 is 2.59 bits per heavy atom. The number of aliphatic hydroxyl groups is 1. The van der Waals surface area contributed by atoms with Gasteiger partial charge in [-0.3, -0.25) is 0 Å². The molecule has 0 aromatic heterocycles. The molecule has 0 amide bonds. The van der Waals surface area contributed by atoms with Gasteiger partial charge in [0.1, 0.15) is 9.84 Å². The van der Waals surface area contributed by atoms with Crippen LogP contribution in [0.3, 0.4) is 0 Å². The van der Waals surface area contributed by atoms with Crippen molar-refractivity contribution in [2.45, 2.75) is 19.1 Å². The molecule has 1 atom stereocenters. The summed E-state index contributed by atoms with van der Waals surface area (Å²) in [4.78, 5) is 0. The molecule has 4 nitrogen and oxygen atoms in total. The molecule has 0 spiro atoms. The van der Waals surface area contributed by atoms with E-state index in [0.29, 0.717) is 6.61 Å². The highest BCUT2D eigenvalue weighted by atomic mass is 32.2. The zero-order valence-electron chi connectivity index (χ0n) is 10.1. The second-order valence-electron chi connectivity index (χ2n) is 4.07. The van der Waals surface area contributed by atoms with Crippen molar-refractivity contribution >= 4 is 9.84 Å². The average molecular weight is 258 g/mol. The smallest absolute Gasteiger partial charge is 0.147 e. The molecule has 1 aromatic carbocycles. The van der Waals surface area contributed by atoms with Crippen molar-refractivity contribution in [3.63, 3.8) is 0 Å². The van der Waals surface area contributed by atoms with Crippen LogP contribution in [0.5, 0.6) is 0 Å². The molecule has 1 unspecified atom stereocenters. The van der Waals surface area contributed by atoms with E-state index in [2.05, 4.69) is 0 Å². The highest BCUT2D eigenvalue weighted by Gasteiger charge is 2.14. The molecule has 0 fully saturated rings. The Bertz CT molecular complexity index is 453. The van der Waals surface area contributed by atoms with Crippen LogP contribution >= 0.6 is 0 Å². The summed E-state index contributed by atoms with van der Waals surface area (Å²) in [6.07, 6.45) is 0.608. The van der Waals surface area contributed by atoms with E-state index in [-0.39, 0.29) is 12.2 Å². The molecular formula is C12H18O4S. The molecular weight excluding hydrogens is 240 g/mol. The third-order valence-corrected chi connectivity index (χ3v) is 3.45. The third-order valence-electron chi connectivity index (χ3n) is 2.48. The van der Waals surface area contributed by atoms with Crippen LogP contribution in [-0.4, -0.2) is 32.6 Å². The van der Waals surface area contributed by atoms with Gasteiger partial charge in [-0.15, -0.1) is 0 Å². The largest absolute Gasteiger partial charge is 0.388 e. The lowest BCUT2D eigenvalue weighted by atomic mass is 10.0. The first-order chi connectivity index (χ1) is 7.94. The van der Waals surface area contributed by atoms with Gasteiger partial charge < -0.3 is 9.84 Å². The van der Waals surface area contributed by atoms with Crippen LogP contribution in [0.4, 0.5) is 0 Å². The second-order valence-corrected chi connectivity index (χ2v) is 6.33. The maximum Gasteiger partial charge on any atom is 0.147 e. The van der Waals surface area contributed by atoms with E-state index >= 15 is 0 Å². The molecule has 0 aliphatic rings. The Morgan fingerprint density at radius 1 is 1.35 bits per heavy atom. The minimum atomic E-state index is -3.04. The van der Waals surface area contributed by atoms with Gasteiger partial charge >= 0.3 is 0 Å². The van der Waals surface area contributed by atoms with E-state index in [1.54, 1.807) is 13.2 Å². The van der Waals surface area contributed by atoms with Crippen LogP contribution < -0.4 is 0 Å². The summed E-state index contributed by atoms with van der Waals surface area (Å²) in [5, 5.41) is 9.97. The van der Waals surface area contributed by atoms with Crippen molar-refractivity contribution in [3.8, 4) is 0 Å². The quantitative estimate of drug-likeness (QED) is 0.835. The van der Waals surface area contributed by atoms with Gasteiger partial charge in [-0.2, -0.15) is 0 Å². The number of methoxy groups -OCH3 is 1. The molecule has 0 aliphatic carbocycles. The minimum Gasteiger partial charge on any atom is -0.388 e.